The Bertz CT molecular complexity index is 987. The maximum atomic E-state index is 10.1. The van der Waals surface area contributed by atoms with Gasteiger partial charge in [-0.3, -0.25) is 4.99 Å². The van der Waals surface area contributed by atoms with Crippen molar-refractivity contribution in [2.45, 2.75) is 19.3 Å². The summed E-state index contributed by atoms with van der Waals surface area (Å²) in [4.78, 5) is 4.43. The van der Waals surface area contributed by atoms with Gasteiger partial charge in [0.05, 0.1) is 22.1 Å². The minimum Gasteiger partial charge on any atom is -0.507 e. The average Bonchev–Trinajstić information content (AvgIpc) is 3.23. The molecule has 30 heavy (non-hydrogen) atoms. The standard InChI is InChI=1S/C22H23ClN4OS2/c1-30-22(29)19-3-2-4-20(19)25-12-11-24-14-15-13-18(9-10-21(15)28)27-26-17-7-5-16(23)6-8-17/h5-10,13-14,25,28H,2-4,11-12H2,1H3. The minimum atomic E-state index is 0.156. The molecule has 0 fully saturated rings. The maximum Gasteiger partial charge on any atom is 0.124 e. The molecule has 2 aromatic carbocycles. The highest BCUT2D eigenvalue weighted by Crippen LogP contribution is 2.28. The van der Waals surface area contributed by atoms with Gasteiger partial charge in [-0.1, -0.05) is 23.8 Å². The van der Waals surface area contributed by atoms with Crippen molar-refractivity contribution in [3.05, 3.63) is 64.3 Å². The molecule has 0 atom stereocenters. The Morgan fingerprint density at radius 1 is 1.17 bits per heavy atom. The number of nitrogens with one attached hydrogen (secondary N) is 1. The predicted molar refractivity (Wildman–Crippen MR) is 131 cm³/mol. The Balaban J connectivity index is 1.57. The maximum absolute atomic E-state index is 10.1. The predicted octanol–water partition coefficient (Wildman–Crippen LogP) is 6.60. The van der Waals surface area contributed by atoms with E-state index in [9.17, 15) is 5.11 Å². The number of phenols is 1. The minimum absolute atomic E-state index is 0.156. The van der Waals surface area contributed by atoms with Crippen LogP contribution in [-0.2, 0) is 0 Å². The van der Waals surface area contributed by atoms with E-state index in [4.69, 9.17) is 23.8 Å². The van der Waals surface area contributed by atoms with Gasteiger partial charge in [-0.05, 0) is 73.6 Å². The summed E-state index contributed by atoms with van der Waals surface area (Å²) in [5.41, 5.74) is 4.46. The molecule has 0 aliphatic heterocycles. The number of allylic oxidation sites excluding steroid dienone is 1. The van der Waals surface area contributed by atoms with Gasteiger partial charge in [0.2, 0.25) is 0 Å². The summed E-state index contributed by atoms with van der Waals surface area (Å²) in [5.74, 6) is 0.156. The van der Waals surface area contributed by atoms with Gasteiger partial charge in [0.1, 0.15) is 5.75 Å². The average molecular weight is 459 g/mol. The molecule has 2 aromatic rings. The van der Waals surface area contributed by atoms with Crippen molar-refractivity contribution in [1.29, 1.82) is 0 Å². The molecule has 1 aliphatic carbocycles. The largest absolute Gasteiger partial charge is 0.507 e. The summed E-state index contributed by atoms with van der Waals surface area (Å²) >= 11 is 12.9. The van der Waals surface area contributed by atoms with Crippen molar-refractivity contribution in [1.82, 2.24) is 5.32 Å². The van der Waals surface area contributed by atoms with E-state index in [1.807, 2.05) is 6.26 Å². The molecule has 8 heteroatoms. The van der Waals surface area contributed by atoms with Crippen molar-refractivity contribution in [2.75, 3.05) is 19.3 Å². The third kappa shape index (κ3) is 6.39. The molecular weight excluding hydrogens is 436 g/mol. The van der Waals surface area contributed by atoms with Crippen LogP contribution in [0.1, 0.15) is 24.8 Å². The Kier molecular flexibility index (Phi) is 8.42. The molecule has 0 radical (unpaired) electrons. The SMILES string of the molecule is CSC(=S)C1=C(NCCN=Cc2cc(N=Nc3ccc(Cl)cc3)ccc2O)CCC1. The van der Waals surface area contributed by atoms with Gasteiger partial charge in [-0.25, -0.2) is 0 Å². The van der Waals surface area contributed by atoms with Crippen LogP contribution < -0.4 is 5.32 Å². The second-order valence-electron chi connectivity index (χ2n) is 6.68. The number of halogens is 1. The highest BCUT2D eigenvalue weighted by Gasteiger charge is 2.17. The van der Waals surface area contributed by atoms with Crippen molar-refractivity contribution >= 4 is 57.4 Å². The third-order valence-electron chi connectivity index (χ3n) is 4.58. The van der Waals surface area contributed by atoms with Gasteiger partial charge in [0.15, 0.2) is 0 Å². The first-order valence-corrected chi connectivity index (χ1v) is 11.6. The lowest BCUT2D eigenvalue weighted by molar-refractivity contribution is 0.474. The second-order valence-corrected chi connectivity index (χ2v) is 8.60. The lowest BCUT2D eigenvalue weighted by atomic mass is 10.2. The number of benzene rings is 2. The molecule has 0 unspecified atom stereocenters. The van der Waals surface area contributed by atoms with Crippen molar-refractivity contribution in [3.63, 3.8) is 0 Å². The summed E-state index contributed by atoms with van der Waals surface area (Å²) in [5, 5.41) is 22.6. The van der Waals surface area contributed by atoms with Crippen LogP contribution >= 0.6 is 35.6 Å². The molecule has 2 N–H and O–H groups in total. The topological polar surface area (TPSA) is 69.3 Å². The fourth-order valence-corrected chi connectivity index (χ4v) is 3.88. The van der Waals surface area contributed by atoms with Crippen LogP contribution in [0.15, 0.2) is 69.0 Å². The molecule has 0 saturated heterocycles. The van der Waals surface area contributed by atoms with Crippen LogP contribution in [0.2, 0.25) is 5.02 Å². The van der Waals surface area contributed by atoms with Gasteiger partial charge in [-0.15, -0.1) is 11.8 Å². The smallest absolute Gasteiger partial charge is 0.124 e. The molecule has 0 amide bonds. The van der Waals surface area contributed by atoms with Crippen LogP contribution in [0.3, 0.4) is 0 Å². The van der Waals surface area contributed by atoms with E-state index in [0.29, 0.717) is 28.5 Å². The van der Waals surface area contributed by atoms with Gasteiger partial charge in [0.25, 0.3) is 0 Å². The number of thioether (sulfide) groups is 1. The number of thiocarbonyl (C=S) groups is 1. The number of aromatic hydroxyl groups is 1. The van der Waals surface area contributed by atoms with Gasteiger partial charge in [-0.2, -0.15) is 10.2 Å². The molecule has 1 aliphatic rings. The van der Waals surface area contributed by atoms with E-state index in [2.05, 4.69) is 20.5 Å². The fraction of sp³-hybridized carbons (Fsp3) is 0.273. The van der Waals surface area contributed by atoms with Crippen molar-refractivity contribution in [3.8, 4) is 5.75 Å². The van der Waals surface area contributed by atoms with Gasteiger partial charge < -0.3 is 10.4 Å². The van der Waals surface area contributed by atoms with E-state index in [0.717, 1.165) is 30.0 Å². The zero-order valence-electron chi connectivity index (χ0n) is 16.6. The zero-order chi connectivity index (χ0) is 21.3. The van der Waals surface area contributed by atoms with E-state index in [-0.39, 0.29) is 5.75 Å². The fourth-order valence-electron chi connectivity index (χ4n) is 3.05. The summed E-state index contributed by atoms with van der Waals surface area (Å²) in [6.07, 6.45) is 6.92. The summed E-state index contributed by atoms with van der Waals surface area (Å²) < 4.78 is 0.980. The summed E-state index contributed by atoms with van der Waals surface area (Å²) in [7, 11) is 0. The molecule has 156 valence electrons. The molecule has 5 nitrogen and oxygen atoms in total. The molecule has 0 saturated carbocycles. The van der Waals surface area contributed by atoms with E-state index in [1.165, 1.54) is 11.3 Å². The Morgan fingerprint density at radius 3 is 2.67 bits per heavy atom. The number of nitrogens with zero attached hydrogens (tertiary/aromatic N) is 3. The molecule has 0 aromatic heterocycles. The quantitative estimate of drug-likeness (QED) is 0.202. The van der Waals surface area contributed by atoms with Crippen LogP contribution in [0.5, 0.6) is 5.75 Å². The molecule has 0 bridgehead atoms. The second kappa shape index (κ2) is 11.2. The molecule has 0 spiro atoms. The third-order valence-corrected chi connectivity index (χ3v) is 6.19. The number of azo groups is 1. The highest BCUT2D eigenvalue weighted by atomic mass is 35.5. The Labute approximate surface area is 191 Å². The van der Waals surface area contributed by atoms with Gasteiger partial charge in [0, 0.05) is 29.0 Å². The number of aliphatic imine (C=N–C) groups is 1. The molecule has 3 rings (SSSR count). The number of hydrogen-bond donors (Lipinski definition) is 2. The van der Waals surface area contributed by atoms with Crippen LogP contribution in [0, 0.1) is 0 Å². The van der Waals surface area contributed by atoms with Crippen LogP contribution in [-0.4, -0.2) is 34.9 Å². The lowest BCUT2D eigenvalue weighted by Crippen LogP contribution is -2.18. The molecular formula is C22H23ClN4OS2. The van der Waals surface area contributed by atoms with E-state index in [1.54, 1.807) is 60.4 Å². The summed E-state index contributed by atoms with van der Waals surface area (Å²) in [6, 6.07) is 12.2. The van der Waals surface area contributed by atoms with Gasteiger partial charge >= 0.3 is 0 Å². The Morgan fingerprint density at radius 2 is 1.90 bits per heavy atom. The van der Waals surface area contributed by atoms with Crippen LogP contribution in [0.25, 0.3) is 0 Å². The normalized spacial score (nSPS) is 14.2. The van der Waals surface area contributed by atoms with E-state index >= 15 is 0 Å². The first kappa shape index (κ1) is 22.5. The number of rotatable bonds is 8. The zero-order valence-corrected chi connectivity index (χ0v) is 19.0. The van der Waals surface area contributed by atoms with Crippen LogP contribution in [0.4, 0.5) is 11.4 Å². The Hall–Kier alpha value is -2.22. The highest BCUT2D eigenvalue weighted by molar-refractivity contribution is 8.23. The monoisotopic (exact) mass is 458 g/mol. The number of phenolic OH excluding ortho intramolecular Hbond substituents is 1. The lowest BCUT2D eigenvalue weighted by Gasteiger charge is -2.09. The number of hydrogen-bond acceptors (Lipinski definition) is 7. The summed E-state index contributed by atoms with van der Waals surface area (Å²) in [6.45, 7) is 1.32. The first-order valence-electron chi connectivity index (χ1n) is 9.61. The van der Waals surface area contributed by atoms with Crippen molar-refractivity contribution < 1.29 is 5.11 Å². The van der Waals surface area contributed by atoms with Crippen molar-refractivity contribution in [2.24, 2.45) is 15.2 Å². The molecule has 0 heterocycles. The first-order chi connectivity index (χ1) is 14.6. The van der Waals surface area contributed by atoms with E-state index < -0.39 is 0 Å².